The van der Waals surface area contributed by atoms with Crippen molar-refractivity contribution in [2.24, 2.45) is 0 Å². The lowest BCUT2D eigenvalue weighted by Crippen LogP contribution is -2.11. The molecule has 5 heteroatoms. The zero-order valence-corrected chi connectivity index (χ0v) is 11.2. The van der Waals surface area contributed by atoms with Gasteiger partial charge in [0, 0.05) is 29.0 Å². The molecule has 0 aromatic carbocycles. The number of anilines is 1. The third kappa shape index (κ3) is 2.83. The van der Waals surface area contributed by atoms with Gasteiger partial charge in [0.2, 0.25) is 0 Å². The number of hydrogen-bond acceptors (Lipinski definition) is 4. The lowest BCUT2D eigenvalue weighted by molar-refractivity contribution is 0.103. The van der Waals surface area contributed by atoms with Gasteiger partial charge in [-0.15, -0.1) is 11.3 Å². The van der Waals surface area contributed by atoms with Gasteiger partial charge in [0.1, 0.15) is 0 Å². The zero-order valence-electron chi connectivity index (χ0n) is 10.4. The fraction of sp³-hybridized carbons (Fsp3) is 0.286. The molecule has 0 radical (unpaired) electrons. The van der Waals surface area contributed by atoms with Crippen molar-refractivity contribution in [3.63, 3.8) is 0 Å². The Morgan fingerprint density at radius 3 is 2.89 bits per heavy atom. The van der Waals surface area contributed by atoms with Crippen molar-refractivity contribution in [3.05, 3.63) is 46.4 Å². The van der Waals surface area contributed by atoms with Crippen LogP contribution in [0.3, 0.4) is 0 Å². The molecule has 1 unspecified atom stereocenters. The fourth-order valence-electron chi connectivity index (χ4n) is 2.22. The summed E-state index contributed by atoms with van der Waals surface area (Å²) in [5.41, 5.74) is 0.772. The quantitative estimate of drug-likeness (QED) is 0.904. The van der Waals surface area contributed by atoms with E-state index in [0.717, 1.165) is 23.5 Å². The molecule has 2 N–H and O–H groups in total. The van der Waals surface area contributed by atoms with Gasteiger partial charge in [0.05, 0.1) is 4.88 Å². The molecular formula is C14H15N3OS. The summed E-state index contributed by atoms with van der Waals surface area (Å²) >= 11 is 1.57. The number of carbonyl (C=O) groups excluding carboxylic acids is 1. The molecule has 2 aromatic rings. The maximum absolute atomic E-state index is 12.1. The van der Waals surface area contributed by atoms with Gasteiger partial charge in [-0.25, -0.2) is 0 Å². The van der Waals surface area contributed by atoms with E-state index in [0.29, 0.717) is 6.04 Å². The average molecular weight is 273 g/mol. The molecule has 0 spiro atoms. The van der Waals surface area contributed by atoms with Crippen LogP contribution >= 0.6 is 11.3 Å². The number of carbonyl (C=O) groups is 1. The van der Waals surface area contributed by atoms with Gasteiger partial charge in [0.25, 0.3) is 5.91 Å². The highest BCUT2D eigenvalue weighted by molar-refractivity contribution is 7.14. The molecular weight excluding hydrogens is 258 g/mol. The van der Waals surface area contributed by atoms with Gasteiger partial charge in [-0.3, -0.25) is 9.78 Å². The molecule has 1 fully saturated rings. The number of hydrogen-bond donors (Lipinski definition) is 2. The summed E-state index contributed by atoms with van der Waals surface area (Å²) in [5, 5.41) is 6.32. The first kappa shape index (κ1) is 12.3. The minimum absolute atomic E-state index is 0.0551. The van der Waals surface area contributed by atoms with Crippen LogP contribution in [0.25, 0.3) is 0 Å². The lowest BCUT2D eigenvalue weighted by Gasteiger charge is -2.06. The minimum atomic E-state index is -0.0551. The predicted octanol–water partition coefficient (Wildman–Crippen LogP) is 2.82. The maximum atomic E-state index is 12.1. The monoisotopic (exact) mass is 273 g/mol. The molecule has 3 heterocycles. The summed E-state index contributed by atoms with van der Waals surface area (Å²) in [5.74, 6) is -0.0551. The van der Waals surface area contributed by atoms with E-state index in [1.54, 1.807) is 35.9 Å². The lowest BCUT2D eigenvalue weighted by atomic mass is 10.2. The second kappa shape index (κ2) is 5.50. The standard InChI is InChI=1S/C14H15N3OS/c18-14(17-10-5-8-15-9-6-10)13-4-3-12(19-13)11-2-1-7-16-11/h3-6,8-9,11,16H,1-2,7H2,(H,15,17,18). The molecule has 0 bridgehead atoms. The number of rotatable bonds is 3. The van der Waals surface area contributed by atoms with Crippen LogP contribution in [0.2, 0.25) is 0 Å². The second-order valence-electron chi connectivity index (χ2n) is 4.54. The fourth-order valence-corrected chi connectivity index (χ4v) is 3.23. The van der Waals surface area contributed by atoms with Gasteiger partial charge >= 0.3 is 0 Å². The summed E-state index contributed by atoms with van der Waals surface area (Å²) in [7, 11) is 0. The van der Waals surface area contributed by atoms with Crippen LogP contribution in [0.15, 0.2) is 36.7 Å². The normalized spacial score (nSPS) is 18.4. The highest BCUT2D eigenvalue weighted by atomic mass is 32.1. The molecule has 98 valence electrons. The van der Waals surface area contributed by atoms with Gasteiger partial charge < -0.3 is 10.6 Å². The Balaban J connectivity index is 1.70. The first-order valence-electron chi connectivity index (χ1n) is 6.37. The van der Waals surface area contributed by atoms with Crippen LogP contribution in [-0.4, -0.2) is 17.4 Å². The molecule has 0 saturated carbocycles. The van der Waals surface area contributed by atoms with Crippen molar-refractivity contribution in [1.82, 2.24) is 10.3 Å². The Bertz CT molecular complexity index is 561. The molecule has 19 heavy (non-hydrogen) atoms. The first-order chi connectivity index (χ1) is 9.33. The van der Waals surface area contributed by atoms with Crippen LogP contribution < -0.4 is 10.6 Å². The number of thiophene rings is 1. The highest BCUT2D eigenvalue weighted by Crippen LogP contribution is 2.29. The van der Waals surface area contributed by atoms with Crippen LogP contribution in [0.1, 0.15) is 33.4 Å². The summed E-state index contributed by atoms with van der Waals surface area (Å²) in [4.78, 5) is 18.0. The van der Waals surface area contributed by atoms with Gasteiger partial charge in [-0.2, -0.15) is 0 Å². The third-order valence-electron chi connectivity index (χ3n) is 3.19. The average Bonchev–Trinajstić information content (AvgIpc) is 3.11. The van der Waals surface area contributed by atoms with E-state index < -0.39 is 0 Å². The van der Waals surface area contributed by atoms with Crippen LogP contribution in [0, 0.1) is 0 Å². The Morgan fingerprint density at radius 1 is 1.32 bits per heavy atom. The molecule has 1 saturated heterocycles. The summed E-state index contributed by atoms with van der Waals surface area (Å²) in [6.07, 6.45) is 5.70. The number of pyridine rings is 1. The first-order valence-corrected chi connectivity index (χ1v) is 7.19. The van der Waals surface area contributed by atoms with E-state index in [9.17, 15) is 4.79 Å². The molecule has 1 aliphatic rings. The molecule has 1 amide bonds. The van der Waals surface area contributed by atoms with Gasteiger partial charge in [0.15, 0.2) is 0 Å². The summed E-state index contributed by atoms with van der Waals surface area (Å²) in [6, 6.07) is 7.94. The zero-order chi connectivity index (χ0) is 13.1. The van der Waals surface area contributed by atoms with Crippen LogP contribution in [-0.2, 0) is 0 Å². The largest absolute Gasteiger partial charge is 0.321 e. The van der Waals surface area contributed by atoms with Crippen molar-refractivity contribution < 1.29 is 4.79 Å². The second-order valence-corrected chi connectivity index (χ2v) is 5.66. The van der Waals surface area contributed by atoms with E-state index in [1.807, 2.05) is 6.07 Å². The molecule has 2 aromatic heterocycles. The van der Waals surface area contributed by atoms with Crippen molar-refractivity contribution >= 4 is 22.9 Å². The molecule has 0 aliphatic carbocycles. The van der Waals surface area contributed by atoms with Crippen molar-refractivity contribution in [1.29, 1.82) is 0 Å². The van der Waals surface area contributed by atoms with Crippen LogP contribution in [0.5, 0.6) is 0 Å². The molecule has 4 nitrogen and oxygen atoms in total. The summed E-state index contributed by atoms with van der Waals surface area (Å²) in [6.45, 7) is 1.07. The number of nitrogens with one attached hydrogen (secondary N) is 2. The van der Waals surface area contributed by atoms with Gasteiger partial charge in [-0.1, -0.05) is 0 Å². The van der Waals surface area contributed by atoms with Gasteiger partial charge in [-0.05, 0) is 43.7 Å². The van der Waals surface area contributed by atoms with E-state index in [1.165, 1.54) is 11.3 Å². The number of aromatic nitrogens is 1. The Hall–Kier alpha value is -1.72. The Labute approximate surface area is 115 Å². The van der Waals surface area contributed by atoms with Crippen molar-refractivity contribution in [2.75, 3.05) is 11.9 Å². The molecule has 1 aliphatic heterocycles. The molecule has 1 atom stereocenters. The molecule has 3 rings (SSSR count). The van der Waals surface area contributed by atoms with E-state index in [4.69, 9.17) is 0 Å². The third-order valence-corrected chi connectivity index (χ3v) is 4.39. The van der Waals surface area contributed by atoms with E-state index >= 15 is 0 Å². The number of nitrogens with zero attached hydrogens (tertiary/aromatic N) is 1. The number of amides is 1. The Morgan fingerprint density at radius 2 is 2.16 bits per heavy atom. The van der Waals surface area contributed by atoms with Crippen molar-refractivity contribution in [3.8, 4) is 0 Å². The topological polar surface area (TPSA) is 54.0 Å². The van der Waals surface area contributed by atoms with E-state index in [-0.39, 0.29) is 5.91 Å². The van der Waals surface area contributed by atoms with Crippen LogP contribution in [0.4, 0.5) is 5.69 Å². The SMILES string of the molecule is O=C(Nc1ccncc1)c1ccc(C2CCCN2)s1. The van der Waals surface area contributed by atoms with Crippen molar-refractivity contribution in [2.45, 2.75) is 18.9 Å². The maximum Gasteiger partial charge on any atom is 0.265 e. The minimum Gasteiger partial charge on any atom is -0.321 e. The highest BCUT2D eigenvalue weighted by Gasteiger charge is 2.19. The van der Waals surface area contributed by atoms with E-state index in [2.05, 4.69) is 21.7 Å². The Kier molecular flexibility index (Phi) is 3.57. The smallest absolute Gasteiger partial charge is 0.265 e. The summed E-state index contributed by atoms with van der Waals surface area (Å²) < 4.78 is 0. The predicted molar refractivity (Wildman–Crippen MR) is 76.5 cm³/mol.